The van der Waals surface area contributed by atoms with Crippen LogP contribution in [0.5, 0.6) is 0 Å². The predicted molar refractivity (Wildman–Crippen MR) is 31.6 cm³/mol. The average molecular weight is 172 g/mol. The number of rotatable bonds is 0. The van der Waals surface area contributed by atoms with Gasteiger partial charge in [-0.3, -0.25) is 9.79 Å². The first-order chi connectivity index (χ1) is 2.00. The monoisotopic (exact) mass is 172 g/mol. The van der Waals surface area contributed by atoms with Gasteiger partial charge in [-0.15, -0.1) is 4.20 Å². The molecule has 2 N–H and O–H groups in total. The summed E-state index contributed by atoms with van der Waals surface area (Å²) in [5, 5.41) is 0. The predicted octanol–water partition coefficient (Wildman–Crippen LogP) is -2.05. The van der Waals surface area contributed by atoms with E-state index in [0.29, 0.717) is 0 Å². The van der Waals surface area contributed by atoms with E-state index in [0.717, 1.165) is 0 Å². The second-order valence-electron chi connectivity index (χ2n) is 0.473. The van der Waals surface area contributed by atoms with Gasteiger partial charge in [-0.05, 0) is 0 Å². The van der Waals surface area contributed by atoms with Gasteiger partial charge in [0.1, 0.15) is 0 Å². The Balaban J connectivity index is -0.0000000800. The van der Waals surface area contributed by atoms with Crippen LogP contribution in [0, 0.1) is 0 Å². The maximum atomic E-state index is 10.4. The van der Waals surface area contributed by atoms with E-state index >= 15 is 0 Å². The molecule has 0 aromatic carbocycles. The normalized spacial score (nSPS) is 8.43. The van der Waals surface area contributed by atoms with Crippen LogP contribution in [0.1, 0.15) is 0 Å². The molecule has 0 saturated heterocycles. The van der Waals surface area contributed by atoms with Gasteiger partial charge in [-0.1, -0.05) is 0 Å². The van der Waals surface area contributed by atoms with Crippen LogP contribution in [0.4, 0.5) is 4.20 Å². The molecule has 0 rings (SSSR count). The van der Waals surface area contributed by atoms with Crippen molar-refractivity contribution in [3.63, 3.8) is 0 Å². The van der Waals surface area contributed by atoms with Gasteiger partial charge in [-0.25, -0.2) is 4.57 Å². The van der Waals surface area contributed by atoms with E-state index in [2.05, 4.69) is 0 Å². The second-order valence-corrected chi connectivity index (χ2v) is 1.42. The van der Waals surface area contributed by atoms with E-state index in [9.17, 15) is 4.20 Å². The Hall–Kier alpha value is 1.87. The summed E-state index contributed by atoms with van der Waals surface area (Å²) in [6.45, 7) is 0. The first-order valence-corrected chi connectivity index (χ1v) is 2.25. The van der Waals surface area contributed by atoms with Crippen molar-refractivity contribution in [2.45, 2.75) is 0 Å². The van der Waals surface area contributed by atoms with Crippen molar-refractivity contribution in [2.75, 3.05) is 0 Å². The molecule has 0 aliphatic rings. The van der Waals surface area contributed by atoms with E-state index < -0.39 is 7.91 Å². The van der Waals surface area contributed by atoms with Gasteiger partial charge in [0.15, 0.2) is 17.4 Å². The van der Waals surface area contributed by atoms with E-state index in [1.165, 1.54) is 0 Å². The molecule has 7 heavy (non-hydrogen) atoms. The van der Waals surface area contributed by atoms with E-state index in [1.807, 2.05) is 0 Å². The van der Waals surface area contributed by atoms with E-state index in [4.69, 9.17) is 14.4 Å². The van der Waals surface area contributed by atoms with Crippen molar-refractivity contribution < 1.29 is 18.5 Å². The number of hydrogen-bond donors (Lipinski definition) is 2. The first-order valence-electron chi connectivity index (χ1n) is 0.752. The Kier molecular flexibility index (Phi) is 13.7. The van der Waals surface area contributed by atoms with Crippen molar-refractivity contribution in [2.24, 2.45) is 0 Å². The third-order valence-corrected chi connectivity index (χ3v) is 0. The Labute approximate surface area is 80.7 Å². The van der Waals surface area contributed by atoms with Crippen molar-refractivity contribution in [3.8, 4) is 0 Å². The zero-order valence-electron chi connectivity index (χ0n) is 2.13. The van der Waals surface area contributed by atoms with Gasteiger partial charge in [0.2, 0.25) is 0 Å². The second kappa shape index (κ2) is 6.00. The Morgan fingerprint density at radius 2 is 1.43 bits per heavy atom. The third kappa shape index (κ3) is 77.4. The van der Waals surface area contributed by atoms with Crippen LogP contribution >= 0.6 is 7.91 Å². The van der Waals surface area contributed by atoms with Gasteiger partial charge in [0.05, 0.1) is 0 Å². The molecule has 0 aliphatic carbocycles. The van der Waals surface area contributed by atoms with Gasteiger partial charge < -0.3 is 0 Å². The van der Waals surface area contributed by atoms with Crippen LogP contribution in [0.15, 0.2) is 0 Å². The van der Waals surface area contributed by atoms with Crippen molar-refractivity contribution in [1.82, 2.24) is 0 Å². The molecule has 0 spiro atoms. The fourth-order valence-electron chi connectivity index (χ4n) is 0. The minimum absolute atomic E-state index is 0. The van der Waals surface area contributed by atoms with Gasteiger partial charge >= 0.3 is 45.6 Å². The average Bonchev–Trinajstić information content (AvgIpc) is 0.722. The fraction of sp³-hybridized carbons (Fsp3) is 0. The fourth-order valence-corrected chi connectivity index (χ4v) is 0. The number of hydrogen-bond acceptors (Lipinski definition) is 1. The van der Waals surface area contributed by atoms with Crippen LogP contribution in [0.25, 0.3) is 0 Å². The summed E-state index contributed by atoms with van der Waals surface area (Å²) in [6, 6.07) is 0. The molecule has 42 valence electrons. The molecule has 0 bridgehead atoms. The van der Waals surface area contributed by atoms with Crippen LogP contribution in [-0.4, -0.2) is 64.9 Å². The van der Waals surface area contributed by atoms with Crippen LogP contribution < -0.4 is 0 Å². The summed E-state index contributed by atoms with van der Waals surface area (Å²) >= 11 is 0. The number of halogens is 1. The molecule has 0 aliphatic heterocycles. The summed E-state index contributed by atoms with van der Waals surface area (Å²) in [5.74, 6) is 0. The Morgan fingerprint density at radius 3 is 1.43 bits per heavy atom. The quantitative estimate of drug-likeness (QED) is 0.326. The summed E-state index contributed by atoms with van der Waals surface area (Å²) in [5.41, 5.74) is 0. The third-order valence-electron chi connectivity index (χ3n) is 0. The van der Waals surface area contributed by atoms with Gasteiger partial charge in [-0.2, -0.15) is 0 Å². The molecule has 3 nitrogen and oxygen atoms in total. The van der Waals surface area contributed by atoms with Crippen molar-refractivity contribution in [3.05, 3.63) is 0 Å². The Bertz CT molecular complexity index is 61.1. The molecule has 0 saturated carbocycles. The van der Waals surface area contributed by atoms with Crippen LogP contribution in [0.3, 0.4) is 0 Å². The zero-order valence-corrected chi connectivity index (χ0v) is 3.02. The van der Waals surface area contributed by atoms with Gasteiger partial charge in [0, 0.05) is 0 Å². The Morgan fingerprint density at radius 1 is 1.43 bits per heavy atom. The van der Waals surface area contributed by atoms with Gasteiger partial charge in [0.25, 0.3) is 0 Å². The van der Waals surface area contributed by atoms with Crippen molar-refractivity contribution in [1.29, 1.82) is 0 Å². The molecule has 0 amide bonds. The van der Waals surface area contributed by atoms with E-state index in [1.54, 1.807) is 0 Å². The molecule has 0 fully saturated rings. The minimum atomic E-state index is -5.14. The van der Waals surface area contributed by atoms with Crippen LogP contribution in [-0.2, 0) is 4.57 Å². The van der Waals surface area contributed by atoms with E-state index in [-0.39, 0.29) is 55.1 Å². The molecular weight excluding hydrogens is 165 g/mol. The molecule has 0 heterocycles. The molecular formula is H7AlCaFO3P. The summed E-state index contributed by atoms with van der Waals surface area (Å²) in [7, 11) is -5.14. The molecule has 0 atom stereocenters. The first kappa shape index (κ1) is 15.9. The molecule has 0 unspecified atom stereocenters. The SMILES string of the molecule is O=P(O)(O)F.[AlH3].[CaH2]. The molecule has 0 aromatic heterocycles. The van der Waals surface area contributed by atoms with Crippen molar-refractivity contribution >= 4 is 63.0 Å². The summed E-state index contributed by atoms with van der Waals surface area (Å²) < 4.78 is 19.0. The summed E-state index contributed by atoms with van der Waals surface area (Å²) in [4.78, 5) is 13.9. The van der Waals surface area contributed by atoms with Crippen LogP contribution in [0.2, 0.25) is 0 Å². The molecule has 7 heteroatoms. The summed E-state index contributed by atoms with van der Waals surface area (Å²) in [6.07, 6.45) is 0. The molecule has 0 aromatic rings. The topological polar surface area (TPSA) is 57.5 Å². The molecule has 0 radical (unpaired) electrons. The zero-order chi connectivity index (χ0) is 4.50. The standard InChI is InChI=1S/Al.Ca.FH2O3P.5H/c;;1-5(2,3)4;;;;;/h;;(H2,2,3,4);;;;;. The maximum absolute atomic E-state index is 10.4.